The maximum Gasteiger partial charge on any atom is 0.397 e. The predicted octanol–water partition coefficient (Wildman–Crippen LogP) is 7.61. The Balaban J connectivity index is 0.00000259. The van der Waals surface area contributed by atoms with E-state index in [1.165, 1.54) is 70.6 Å². The van der Waals surface area contributed by atoms with Gasteiger partial charge in [-0.2, -0.15) is 8.42 Å². The van der Waals surface area contributed by atoms with Crippen molar-refractivity contribution in [2.45, 2.75) is 151 Å². The first kappa shape index (κ1) is 38.2. The van der Waals surface area contributed by atoms with Crippen molar-refractivity contribution in [2.24, 2.45) is 58.0 Å². The van der Waals surface area contributed by atoms with Gasteiger partial charge in [-0.15, -0.1) is 0 Å². The smallest absolute Gasteiger partial charge is 0.330 e. The van der Waals surface area contributed by atoms with Crippen LogP contribution >= 0.6 is 0 Å². The second-order valence-corrected chi connectivity index (χ2v) is 16.8. The third-order valence-corrected chi connectivity index (χ3v) is 13.6. The summed E-state index contributed by atoms with van der Waals surface area (Å²) in [6.07, 6.45) is 17.0. The normalized spacial score (nSPS) is 36.5. The van der Waals surface area contributed by atoms with Gasteiger partial charge < -0.3 is 16.4 Å². The predicted molar refractivity (Wildman–Crippen MR) is 184 cm³/mol. The van der Waals surface area contributed by atoms with Crippen molar-refractivity contribution < 1.29 is 17.2 Å². The fourth-order valence-electron chi connectivity index (χ4n) is 10.7. The molecule has 0 aromatic carbocycles. The molecule has 0 bridgehead atoms. The van der Waals surface area contributed by atoms with Crippen LogP contribution in [0.1, 0.15) is 138 Å². The lowest BCUT2D eigenvalue weighted by Crippen LogP contribution is -2.55. The minimum Gasteiger partial charge on any atom is -0.330 e. The summed E-state index contributed by atoms with van der Waals surface area (Å²) in [6.45, 7) is 19.7. The molecule has 0 aromatic rings. The van der Waals surface area contributed by atoms with Gasteiger partial charge >= 0.3 is 10.4 Å². The van der Waals surface area contributed by atoms with Crippen molar-refractivity contribution in [3.05, 3.63) is 0 Å². The van der Waals surface area contributed by atoms with Crippen LogP contribution in [0.4, 0.5) is 0 Å². The van der Waals surface area contributed by atoms with Crippen molar-refractivity contribution in [3.8, 4) is 0 Å². The van der Waals surface area contributed by atoms with Gasteiger partial charge in [0.1, 0.15) is 0 Å². The number of rotatable bonds is 16. The number of nitrogens with two attached hydrogens (primary N) is 1. The van der Waals surface area contributed by atoms with Crippen molar-refractivity contribution in [3.63, 3.8) is 0 Å². The van der Waals surface area contributed by atoms with Crippen LogP contribution in [0.5, 0.6) is 0 Å². The molecule has 10 atom stereocenters. The number of hydrogen-bond acceptors (Lipinski definition) is 6. The lowest BCUT2D eigenvalue weighted by molar-refractivity contribution is -0.118. The SMILES string of the molecule is CC.CC(C)C(CC[C@@H](C)C1CCC2C3CCC4C[C@@H](NCCCNCCCCN)CC[C@]4(C)C3CC[C@@]21C)OS(=O)(=O)O. The molecule has 44 heavy (non-hydrogen) atoms. The fraction of sp³-hybridized carbons (Fsp3) is 1.00. The highest BCUT2D eigenvalue weighted by molar-refractivity contribution is 7.80. The van der Waals surface area contributed by atoms with E-state index in [0.717, 1.165) is 62.7 Å². The second kappa shape index (κ2) is 17.2. The highest BCUT2D eigenvalue weighted by Gasteiger charge is 2.60. The number of nitrogens with one attached hydrogen (secondary N) is 2. The average Bonchev–Trinajstić information content (AvgIpc) is 3.34. The van der Waals surface area contributed by atoms with Gasteiger partial charge in [-0.25, -0.2) is 4.18 Å². The van der Waals surface area contributed by atoms with Crippen LogP contribution in [0.3, 0.4) is 0 Å². The second-order valence-electron chi connectivity index (χ2n) is 15.8. The van der Waals surface area contributed by atoms with Crippen LogP contribution < -0.4 is 16.4 Å². The molecule has 260 valence electrons. The van der Waals surface area contributed by atoms with Crippen molar-refractivity contribution in [1.29, 1.82) is 0 Å². The topological polar surface area (TPSA) is 114 Å². The van der Waals surface area contributed by atoms with Crippen LogP contribution in [-0.2, 0) is 14.6 Å². The van der Waals surface area contributed by atoms with Gasteiger partial charge in [0.25, 0.3) is 0 Å². The molecule has 4 aliphatic rings. The molecule has 7 nitrogen and oxygen atoms in total. The summed E-state index contributed by atoms with van der Waals surface area (Å²) in [5.74, 6) is 4.76. The molecule has 0 amide bonds. The zero-order chi connectivity index (χ0) is 32.5. The van der Waals surface area contributed by atoms with Gasteiger partial charge in [-0.1, -0.05) is 48.5 Å². The van der Waals surface area contributed by atoms with E-state index in [2.05, 4.69) is 31.4 Å². The minimum absolute atomic E-state index is 0.0521. The van der Waals surface area contributed by atoms with Crippen LogP contribution in [0.15, 0.2) is 0 Å². The van der Waals surface area contributed by atoms with Gasteiger partial charge in [-0.05, 0) is 168 Å². The van der Waals surface area contributed by atoms with E-state index in [0.29, 0.717) is 35.1 Å². The van der Waals surface area contributed by atoms with E-state index in [-0.39, 0.29) is 5.92 Å². The third-order valence-electron chi connectivity index (χ3n) is 13.1. The van der Waals surface area contributed by atoms with Crippen molar-refractivity contribution in [2.75, 3.05) is 26.2 Å². The van der Waals surface area contributed by atoms with Crippen LogP contribution in [0.25, 0.3) is 0 Å². The molecule has 4 fully saturated rings. The quantitative estimate of drug-likeness (QED) is 0.101. The van der Waals surface area contributed by atoms with Gasteiger partial charge in [0.15, 0.2) is 0 Å². The molecule has 4 saturated carbocycles. The molecule has 8 heteroatoms. The monoisotopic (exact) mass is 642 g/mol. The molecular formula is C36H71N3O4S. The molecule has 4 rings (SSSR count). The van der Waals surface area contributed by atoms with Crippen LogP contribution in [-0.4, -0.2) is 51.3 Å². The van der Waals surface area contributed by atoms with Gasteiger partial charge in [0, 0.05) is 6.04 Å². The molecular weight excluding hydrogens is 570 g/mol. The summed E-state index contributed by atoms with van der Waals surface area (Å²) in [5.41, 5.74) is 6.50. The van der Waals surface area contributed by atoms with E-state index >= 15 is 0 Å². The summed E-state index contributed by atoms with van der Waals surface area (Å²) >= 11 is 0. The molecule has 6 unspecified atom stereocenters. The first-order valence-electron chi connectivity index (χ1n) is 18.7. The minimum atomic E-state index is -4.42. The van der Waals surface area contributed by atoms with Gasteiger partial charge in [-0.3, -0.25) is 4.55 Å². The molecule has 0 aliphatic heterocycles. The number of hydrogen-bond donors (Lipinski definition) is 4. The number of fused-ring (bicyclic) bond motifs is 5. The Morgan fingerprint density at radius 1 is 0.864 bits per heavy atom. The van der Waals surface area contributed by atoms with Crippen LogP contribution in [0.2, 0.25) is 0 Å². The zero-order valence-corrected chi connectivity index (χ0v) is 30.4. The molecule has 4 aliphatic carbocycles. The third kappa shape index (κ3) is 9.43. The highest BCUT2D eigenvalue weighted by Crippen LogP contribution is 2.68. The Morgan fingerprint density at radius 3 is 2.23 bits per heavy atom. The Labute approximate surface area is 272 Å². The first-order valence-corrected chi connectivity index (χ1v) is 20.1. The Hall–Kier alpha value is -0.250. The molecule has 0 saturated heterocycles. The largest absolute Gasteiger partial charge is 0.397 e. The lowest BCUT2D eigenvalue weighted by atomic mass is 9.44. The first-order chi connectivity index (χ1) is 20.9. The van der Waals surface area contributed by atoms with E-state index in [1.54, 1.807) is 0 Å². The summed E-state index contributed by atoms with van der Waals surface area (Å²) in [4.78, 5) is 0. The Morgan fingerprint density at radius 2 is 1.55 bits per heavy atom. The highest BCUT2D eigenvalue weighted by atomic mass is 32.3. The summed E-state index contributed by atoms with van der Waals surface area (Å²) in [7, 11) is -4.42. The molecule has 0 heterocycles. The Kier molecular flexibility index (Phi) is 15.0. The molecule has 5 N–H and O–H groups in total. The molecule has 0 spiro atoms. The van der Waals surface area contributed by atoms with E-state index in [4.69, 9.17) is 9.92 Å². The summed E-state index contributed by atoms with van der Waals surface area (Å²) < 4.78 is 37.1. The van der Waals surface area contributed by atoms with E-state index in [9.17, 15) is 13.0 Å². The maximum absolute atomic E-state index is 11.4. The summed E-state index contributed by atoms with van der Waals surface area (Å²) in [5, 5.41) is 7.49. The summed E-state index contributed by atoms with van der Waals surface area (Å²) in [6, 6.07) is 0.696. The van der Waals surface area contributed by atoms with Gasteiger partial charge in [0.2, 0.25) is 0 Å². The van der Waals surface area contributed by atoms with E-state index in [1.807, 2.05) is 27.7 Å². The fourth-order valence-corrected chi connectivity index (χ4v) is 11.4. The lowest BCUT2D eigenvalue weighted by Gasteiger charge is -2.61. The van der Waals surface area contributed by atoms with Crippen molar-refractivity contribution >= 4 is 10.4 Å². The van der Waals surface area contributed by atoms with Gasteiger partial charge in [0.05, 0.1) is 6.10 Å². The van der Waals surface area contributed by atoms with E-state index < -0.39 is 16.5 Å². The maximum atomic E-state index is 11.4. The average molecular weight is 642 g/mol. The van der Waals surface area contributed by atoms with Crippen molar-refractivity contribution in [1.82, 2.24) is 10.6 Å². The Bertz CT molecular complexity index is 948. The zero-order valence-electron chi connectivity index (χ0n) is 29.6. The molecule has 0 radical (unpaired) electrons. The number of unbranched alkanes of at least 4 members (excludes halogenated alkanes) is 1. The molecule has 0 aromatic heterocycles. The van der Waals surface area contributed by atoms with Crippen LogP contribution in [0, 0.1) is 52.3 Å². The standard InChI is InChI=1S/C34H65N3O4S.C2H6/c1-24(2)32(41-42(38,39)40)14-9-25(3)29-12-13-30-28-11-10-26-23-27(37-22-8-21-36-20-7-6-19-35)15-17-33(26,4)31(28)16-18-34(29,30)5;1-2/h24-32,36-37H,6-23,35H2,1-5H3,(H,38,39,40);1-2H3/t25-,26?,27+,28?,29?,30?,31?,32?,33+,34-;/m1./s1.